The van der Waals surface area contributed by atoms with Crippen molar-refractivity contribution in [1.29, 1.82) is 0 Å². The molecule has 0 amide bonds. The first-order chi connectivity index (χ1) is 9.12. The average Bonchev–Trinajstić information content (AvgIpc) is 2.87. The zero-order chi connectivity index (χ0) is 13.5. The molecule has 0 aromatic heterocycles. The van der Waals surface area contributed by atoms with Crippen LogP contribution in [0.1, 0.15) is 36.9 Å². The molecule has 0 aliphatic carbocycles. The van der Waals surface area contributed by atoms with Gasteiger partial charge >= 0.3 is 0 Å². The summed E-state index contributed by atoms with van der Waals surface area (Å²) in [7, 11) is 0. The molecule has 2 nitrogen and oxygen atoms in total. The van der Waals surface area contributed by atoms with E-state index in [1.807, 2.05) is 0 Å². The summed E-state index contributed by atoms with van der Waals surface area (Å²) in [6, 6.07) is 12.7. The molecule has 1 aliphatic rings. The molecule has 2 atom stereocenters. The lowest BCUT2D eigenvalue weighted by molar-refractivity contribution is -0.00139. The highest BCUT2D eigenvalue weighted by atomic mass is 16.5. The molecule has 1 saturated heterocycles. The first-order valence-corrected chi connectivity index (χ1v) is 7.00. The molecular formula is C17H21NO. The van der Waals surface area contributed by atoms with Crippen LogP contribution in [0.2, 0.25) is 0 Å². The topological polar surface area (TPSA) is 35.2 Å². The fourth-order valence-corrected chi connectivity index (χ4v) is 3.12. The Morgan fingerprint density at radius 3 is 2.58 bits per heavy atom. The third-order valence-electron chi connectivity index (χ3n) is 4.42. The fourth-order valence-electron chi connectivity index (χ4n) is 3.12. The summed E-state index contributed by atoms with van der Waals surface area (Å²) in [6.07, 6.45) is 2.14. The number of fused-ring (bicyclic) bond motifs is 1. The first kappa shape index (κ1) is 12.6. The summed E-state index contributed by atoms with van der Waals surface area (Å²) in [5.41, 5.74) is 8.80. The maximum atomic E-state index is 6.53. The molecule has 2 heteroatoms. The van der Waals surface area contributed by atoms with Gasteiger partial charge in [0, 0.05) is 6.61 Å². The number of hydrogen-bond donors (Lipinski definition) is 1. The number of hydrogen-bond acceptors (Lipinski definition) is 2. The molecule has 0 bridgehead atoms. The van der Waals surface area contributed by atoms with Gasteiger partial charge in [-0.1, -0.05) is 36.4 Å². The van der Waals surface area contributed by atoms with E-state index in [1.165, 1.54) is 21.9 Å². The molecule has 0 radical (unpaired) electrons. The molecule has 2 unspecified atom stereocenters. The Bertz CT molecular complexity index is 599. The summed E-state index contributed by atoms with van der Waals surface area (Å²) in [4.78, 5) is 0. The molecular weight excluding hydrogens is 234 g/mol. The monoisotopic (exact) mass is 255 g/mol. The summed E-state index contributed by atoms with van der Waals surface area (Å²) < 4.78 is 5.91. The fraction of sp³-hybridized carbons (Fsp3) is 0.412. The minimum absolute atomic E-state index is 0.0690. The Morgan fingerprint density at radius 2 is 1.89 bits per heavy atom. The van der Waals surface area contributed by atoms with Crippen LogP contribution >= 0.6 is 0 Å². The van der Waals surface area contributed by atoms with Crippen LogP contribution in [0.25, 0.3) is 10.8 Å². The molecule has 0 spiro atoms. The zero-order valence-corrected chi connectivity index (χ0v) is 11.6. The Balaban J connectivity index is 2.12. The van der Waals surface area contributed by atoms with Gasteiger partial charge in [-0.05, 0) is 48.6 Å². The first-order valence-electron chi connectivity index (χ1n) is 7.00. The van der Waals surface area contributed by atoms with Crippen molar-refractivity contribution in [3.63, 3.8) is 0 Å². The largest absolute Gasteiger partial charge is 0.373 e. The van der Waals surface area contributed by atoms with E-state index >= 15 is 0 Å². The van der Waals surface area contributed by atoms with Gasteiger partial charge in [0.05, 0.1) is 11.6 Å². The van der Waals surface area contributed by atoms with Crippen LogP contribution in [0.4, 0.5) is 0 Å². The van der Waals surface area contributed by atoms with Crippen molar-refractivity contribution in [1.82, 2.24) is 0 Å². The van der Waals surface area contributed by atoms with Crippen molar-refractivity contribution in [3.8, 4) is 0 Å². The Labute approximate surface area is 114 Å². The van der Waals surface area contributed by atoms with Crippen LogP contribution in [0.3, 0.4) is 0 Å². The molecule has 19 heavy (non-hydrogen) atoms. The predicted octanol–water partition coefficient (Wildman–Crippen LogP) is 3.72. The van der Waals surface area contributed by atoms with Gasteiger partial charge in [0.1, 0.15) is 0 Å². The summed E-state index contributed by atoms with van der Waals surface area (Å²) in [6.45, 7) is 5.11. The lowest BCUT2D eigenvalue weighted by atomic mass is 9.85. The predicted molar refractivity (Wildman–Crippen MR) is 79.2 cm³/mol. The van der Waals surface area contributed by atoms with Crippen molar-refractivity contribution >= 4 is 10.8 Å². The minimum atomic E-state index is -0.224. The number of nitrogens with two attached hydrogens (primary N) is 1. The second kappa shape index (κ2) is 4.62. The van der Waals surface area contributed by atoms with E-state index in [0.717, 1.165) is 19.4 Å². The summed E-state index contributed by atoms with van der Waals surface area (Å²) in [5.74, 6) is 0. The van der Waals surface area contributed by atoms with Gasteiger partial charge in [-0.15, -0.1) is 0 Å². The van der Waals surface area contributed by atoms with Gasteiger partial charge in [-0.25, -0.2) is 0 Å². The SMILES string of the molecule is Cc1ccc(C(N)C2(C)CCCO2)c2ccccc12. The van der Waals surface area contributed by atoms with Crippen molar-refractivity contribution in [2.24, 2.45) is 5.73 Å². The summed E-state index contributed by atoms with van der Waals surface area (Å²) in [5, 5.41) is 2.55. The van der Waals surface area contributed by atoms with E-state index in [-0.39, 0.29) is 11.6 Å². The molecule has 1 fully saturated rings. The highest BCUT2D eigenvalue weighted by Crippen LogP contribution is 2.38. The van der Waals surface area contributed by atoms with Crippen LogP contribution in [0.15, 0.2) is 36.4 Å². The van der Waals surface area contributed by atoms with Crippen LogP contribution < -0.4 is 5.73 Å². The molecule has 1 aliphatic heterocycles. The minimum Gasteiger partial charge on any atom is -0.373 e. The molecule has 2 aromatic rings. The number of aryl methyl sites for hydroxylation is 1. The van der Waals surface area contributed by atoms with Crippen LogP contribution in [0.5, 0.6) is 0 Å². The van der Waals surface area contributed by atoms with E-state index in [9.17, 15) is 0 Å². The number of benzene rings is 2. The molecule has 0 saturated carbocycles. The second-order valence-corrected chi connectivity index (χ2v) is 5.76. The van der Waals surface area contributed by atoms with Crippen molar-refractivity contribution in [3.05, 3.63) is 47.5 Å². The number of rotatable bonds is 2. The molecule has 1 heterocycles. The average molecular weight is 255 g/mol. The van der Waals surface area contributed by atoms with E-state index in [4.69, 9.17) is 10.5 Å². The second-order valence-electron chi connectivity index (χ2n) is 5.76. The van der Waals surface area contributed by atoms with E-state index in [0.29, 0.717) is 0 Å². The van der Waals surface area contributed by atoms with Crippen LogP contribution in [0, 0.1) is 6.92 Å². The van der Waals surface area contributed by atoms with Crippen molar-refractivity contribution < 1.29 is 4.74 Å². The quantitative estimate of drug-likeness (QED) is 0.887. The van der Waals surface area contributed by atoms with Gasteiger partial charge in [-0.2, -0.15) is 0 Å². The third-order valence-corrected chi connectivity index (χ3v) is 4.42. The Hall–Kier alpha value is -1.38. The smallest absolute Gasteiger partial charge is 0.0847 e. The molecule has 2 aromatic carbocycles. The third kappa shape index (κ3) is 2.05. The van der Waals surface area contributed by atoms with Crippen LogP contribution in [-0.2, 0) is 4.74 Å². The maximum Gasteiger partial charge on any atom is 0.0847 e. The Kier molecular flexibility index (Phi) is 3.08. The normalized spacial score (nSPS) is 24.8. The Morgan fingerprint density at radius 1 is 1.16 bits per heavy atom. The van der Waals surface area contributed by atoms with Crippen molar-refractivity contribution in [2.75, 3.05) is 6.61 Å². The number of ether oxygens (including phenoxy) is 1. The lowest BCUT2D eigenvalue weighted by Crippen LogP contribution is -2.37. The highest BCUT2D eigenvalue weighted by Gasteiger charge is 2.37. The van der Waals surface area contributed by atoms with E-state index in [1.54, 1.807) is 0 Å². The van der Waals surface area contributed by atoms with Gasteiger partial charge < -0.3 is 10.5 Å². The summed E-state index contributed by atoms with van der Waals surface area (Å²) >= 11 is 0. The zero-order valence-electron chi connectivity index (χ0n) is 11.6. The van der Waals surface area contributed by atoms with Gasteiger partial charge in [-0.3, -0.25) is 0 Å². The van der Waals surface area contributed by atoms with Gasteiger partial charge in [0.25, 0.3) is 0 Å². The highest BCUT2D eigenvalue weighted by molar-refractivity contribution is 5.89. The van der Waals surface area contributed by atoms with Crippen LogP contribution in [-0.4, -0.2) is 12.2 Å². The lowest BCUT2D eigenvalue weighted by Gasteiger charge is -2.31. The molecule has 2 N–H and O–H groups in total. The maximum absolute atomic E-state index is 6.53. The standard InChI is InChI=1S/C17H21NO/c1-12-8-9-15(14-7-4-3-6-13(12)14)16(18)17(2)10-5-11-19-17/h3-4,6-9,16H,5,10-11,18H2,1-2H3. The van der Waals surface area contributed by atoms with E-state index in [2.05, 4.69) is 50.2 Å². The van der Waals surface area contributed by atoms with Gasteiger partial charge in [0.15, 0.2) is 0 Å². The molecule has 3 rings (SSSR count). The van der Waals surface area contributed by atoms with Gasteiger partial charge in [0.2, 0.25) is 0 Å². The van der Waals surface area contributed by atoms with E-state index < -0.39 is 0 Å². The molecule has 100 valence electrons. The van der Waals surface area contributed by atoms with Crippen molar-refractivity contribution in [2.45, 2.75) is 38.3 Å².